The highest BCUT2D eigenvalue weighted by molar-refractivity contribution is 5.20. The second-order valence-electron chi connectivity index (χ2n) is 2.59. The standard InChI is InChI=1S/C10H16O2/c1-9(10(2)12)7-5-3-4-6-8-11/h3,5,11-12H,1-2,4,6-8H2. The maximum atomic E-state index is 8.86. The molecule has 0 fully saturated rings. The maximum Gasteiger partial charge on any atom is 0.111 e. The lowest BCUT2D eigenvalue weighted by molar-refractivity contribution is 0.289. The Kier molecular flexibility index (Phi) is 6.11. The molecule has 0 aliphatic heterocycles. The molecule has 0 saturated heterocycles. The summed E-state index contributed by atoms with van der Waals surface area (Å²) in [5.74, 6) is 0.0433. The number of aliphatic hydroxyl groups excluding tert-OH is 2. The maximum absolute atomic E-state index is 8.86. The van der Waals surface area contributed by atoms with E-state index in [0.717, 1.165) is 12.8 Å². The Morgan fingerprint density at radius 3 is 2.42 bits per heavy atom. The molecule has 0 amide bonds. The minimum absolute atomic E-state index is 0.0433. The van der Waals surface area contributed by atoms with Crippen molar-refractivity contribution < 1.29 is 10.2 Å². The third-order valence-corrected chi connectivity index (χ3v) is 1.47. The fraction of sp³-hybridized carbons (Fsp3) is 0.400. The predicted molar refractivity (Wildman–Crippen MR) is 51.0 cm³/mol. The molecule has 0 aliphatic rings. The van der Waals surface area contributed by atoms with Gasteiger partial charge in [-0.05, 0) is 24.8 Å². The van der Waals surface area contributed by atoms with Crippen molar-refractivity contribution in [1.82, 2.24) is 0 Å². The molecular formula is C10H16O2. The summed E-state index contributed by atoms with van der Waals surface area (Å²) in [5, 5.41) is 17.3. The van der Waals surface area contributed by atoms with Gasteiger partial charge >= 0.3 is 0 Å². The van der Waals surface area contributed by atoms with Crippen LogP contribution in [0.2, 0.25) is 0 Å². The molecule has 0 saturated carbocycles. The zero-order valence-electron chi connectivity index (χ0n) is 7.29. The first-order valence-corrected chi connectivity index (χ1v) is 4.00. The molecule has 0 aromatic carbocycles. The highest BCUT2D eigenvalue weighted by Gasteiger charge is 1.92. The van der Waals surface area contributed by atoms with Gasteiger partial charge in [-0.1, -0.05) is 25.3 Å². The summed E-state index contributed by atoms with van der Waals surface area (Å²) in [5.41, 5.74) is 0.634. The second kappa shape index (κ2) is 6.68. The number of unbranched alkanes of at least 4 members (excludes halogenated alkanes) is 1. The van der Waals surface area contributed by atoms with Gasteiger partial charge in [-0.25, -0.2) is 0 Å². The molecule has 0 heterocycles. The van der Waals surface area contributed by atoms with E-state index in [0.29, 0.717) is 12.0 Å². The van der Waals surface area contributed by atoms with E-state index in [1.165, 1.54) is 0 Å². The fourth-order valence-electron chi connectivity index (χ4n) is 0.670. The lowest BCUT2D eigenvalue weighted by atomic mass is 10.1. The Bertz CT molecular complexity index is 180. The van der Waals surface area contributed by atoms with E-state index in [1.807, 2.05) is 12.2 Å². The third-order valence-electron chi connectivity index (χ3n) is 1.47. The Morgan fingerprint density at radius 2 is 1.92 bits per heavy atom. The Balaban J connectivity index is 3.47. The van der Waals surface area contributed by atoms with Crippen LogP contribution < -0.4 is 0 Å². The summed E-state index contributed by atoms with van der Waals surface area (Å²) >= 11 is 0. The molecular weight excluding hydrogens is 152 g/mol. The van der Waals surface area contributed by atoms with Gasteiger partial charge in [-0.3, -0.25) is 0 Å². The number of rotatable bonds is 6. The summed E-state index contributed by atoms with van der Waals surface area (Å²) < 4.78 is 0. The van der Waals surface area contributed by atoms with Crippen LogP contribution in [-0.2, 0) is 0 Å². The van der Waals surface area contributed by atoms with Gasteiger partial charge in [-0.2, -0.15) is 0 Å². The van der Waals surface area contributed by atoms with E-state index in [9.17, 15) is 0 Å². The molecule has 0 radical (unpaired) electrons. The average Bonchev–Trinajstić information content (AvgIpc) is 2.03. The SMILES string of the molecule is C=C(O)C(=C)CC=CCCCO. The van der Waals surface area contributed by atoms with Crippen molar-refractivity contribution in [3.63, 3.8) is 0 Å². The van der Waals surface area contributed by atoms with Crippen LogP contribution in [0.4, 0.5) is 0 Å². The number of allylic oxidation sites excluding steroid dienone is 3. The monoisotopic (exact) mass is 168 g/mol. The largest absolute Gasteiger partial charge is 0.508 e. The summed E-state index contributed by atoms with van der Waals surface area (Å²) in [7, 11) is 0. The molecule has 0 spiro atoms. The molecule has 12 heavy (non-hydrogen) atoms. The van der Waals surface area contributed by atoms with Crippen LogP contribution in [0.15, 0.2) is 36.6 Å². The van der Waals surface area contributed by atoms with Crippen molar-refractivity contribution in [2.75, 3.05) is 6.61 Å². The summed E-state index contributed by atoms with van der Waals surface area (Å²) in [6, 6.07) is 0. The van der Waals surface area contributed by atoms with E-state index < -0.39 is 0 Å². The zero-order valence-corrected chi connectivity index (χ0v) is 7.29. The van der Waals surface area contributed by atoms with Gasteiger partial charge in [0, 0.05) is 6.61 Å². The van der Waals surface area contributed by atoms with Crippen molar-refractivity contribution in [3.8, 4) is 0 Å². The molecule has 0 aliphatic carbocycles. The minimum atomic E-state index is 0.0433. The normalized spacial score (nSPS) is 10.4. The molecule has 0 aromatic heterocycles. The summed E-state index contributed by atoms with van der Waals surface area (Å²) in [4.78, 5) is 0. The number of hydrogen-bond acceptors (Lipinski definition) is 2. The highest BCUT2D eigenvalue weighted by atomic mass is 16.3. The fourth-order valence-corrected chi connectivity index (χ4v) is 0.670. The molecule has 2 heteroatoms. The number of aliphatic hydroxyl groups is 2. The van der Waals surface area contributed by atoms with E-state index in [1.54, 1.807) is 0 Å². The first-order valence-electron chi connectivity index (χ1n) is 4.00. The molecule has 0 aromatic rings. The van der Waals surface area contributed by atoms with Crippen LogP contribution in [0.5, 0.6) is 0 Å². The van der Waals surface area contributed by atoms with Crippen LogP contribution in [0.3, 0.4) is 0 Å². The average molecular weight is 168 g/mol. The zero-order chi connectivity index (χ0) is 9.40. The topological polar surface area (TPSA) is 40.5 Å². The third kappa shape index (κ3) is 5.74. The summed E-state index contributed by atoms with van der Waals surface area (Å²) in [6.45, 7) is 7.19. The molecule has 0 atom stereocenters. The van der Waals surface area contributed by atoms with Gasteiger partial charge in [-0.15, -0.1) is 0 Å². The Morgan fingerprint density at radius 1 is 1.25 bits per heavy atom. The smallest absolute Gasteiger partial charge is 0.111 e. The predicted octanol–water partition coefficient (Wildman–Crippen LogP) is 2.33. The van der Waals surface area contributed by atoms with Crippen LogP contribution in [0.1, 0.15) is 19.3 Å². The van der Waals surface area contributed by atoms with Crippen molar-refractivity contribution in [3.05, 3.63) is 36.6 Å². The molecule has 68 valence electrons. The molecule has 0 bridgehead atoms. The van der Waals surface area contributed by atoms with E-state index in [4.69, 9.17) is 10.2 Å². The molecule has 2 nitrogen and oxygen atoms in total. The quantitative estimate of drug-likeness (QED) is 0.276. The van der Waals surface area contributed by atoms with Gasteiger partial charge in [0.15, 0.2) is 0 Å². The first-order chi connectivity index (χ1) is 5.68. The van der Waals surface area contributed by atoms with E-state index in [2.05, 4.69) is 13.2 Å². The van der Waals surface area contributed by atoms with Gasteiger partial charge < -0.3 is 10.2 Å². The van der Waals surface area contributed by atoms with Gasteiger partial charge in [0.2, 0.25) is 0 Å². The Labute approximate surface area is 73.5 Å². The van der Waals surface area contributed by atoms with Crippen LogP contribution in [-0.4, -0.2) is 16.8 Å². The van der Waals surface area contributed by atoms with Crippen molar-refractivity contribution in [2.24, 2.45) is 0 Å². The minimum Gasteiger partial charge on any atom is -0.508 e. The number of hydrogen-bond donors (Lipinski definition) is 2. The van der Waals surface area contributed by atoms with Gasteiger partial charge in [0.1, 0.15) is 5.76 Å². The lowest BCUT2D eigenvalue weighted by Crippen LogP contribution is -1.82. The first kappa shape index (κ1) is 11.0. The molecule has 2 N–H and O–H groups in total. The summed E-state index contributed by atoms with van der Waals surface area (Å²) in [6.07, 6.45) is 6.15. The van der Waals surface area contributed by atoms with Crippen molar-refractivity contribution >= 4 is 0 Å². The van der Waals surface area contributed by atoms with Crippen LogP contribution in [0.25, 0.3) is 0 Å². The van der Waals surface area contributed by atoms with E-state index >= 15 is 0 Å². The van der Waals surface area contributed by atoms with Crippen LogP contribution >= 0.6 is 0 Å². The second-order valence-corrected chi connectivity index (χ2v) is 2.59. The highest BCUT2D eigenvalue weighted by Crippen LogP contribution is 2.07. The molecule has 0 rings (SSSR count). The van der Waals surface area contributed by atoms with Crippen molar-refractivity contribution in [2.45, 2.75) is 19.3 Å². The van der Waals surface area contributed by atoms with E-state index in [-0.39, 0.29) is 12.4 Å². The Hall–Kier alpha value is -1.02. The van der Waals surface area contributed by atoms with Gasteiger partial charge in [0.25, 0.3) is 0 Å². The molecule has 0 unspecified atom stereocenters. The van der Waals surface area contributed by atoms with Gasteiger partial charge in [0.05, 0.1) is 0 Å². The van der Waals surface area contributed by atoms with Crippen molar-refractivity contribution in [1.29, 1.82) is 0 Å². The lowest BCUT2D eigenvalue weighted by Gasteiger charge is -1.97. The van der Waals surface area contributed by atoms with Crippen LogP contribution in [0, 0.1) is 0 Å².